The molecule has 4 rings (SSSR count). The lowest BCUT2D eigenvalue weighted by atomic mass is 9.98. The van der Waals surface area contributed by atoms with E-state index in [1.807, 2.05) is 49.4 Å². The van der Waals surface area contributed by atoms with E-state index in [-0.39, 0.29) is 30.7 Å². The summed E-state index contributed by atoms with van der Waals surface area (Å²) in [5.74, 6) is -0.670. The predicted molar refractivity (Wildman–Crippen MR) is 166 cm³/mol. The molecule has 0 unspecified atom stereocenters. The number of hydrogen-bond donors (Lipinski definition) is 6. The summed E-state index contributed by atoms with van der Waals surface area (Å²) >= 11 is 3.66. The van der Waals surface area contributed by atoms with E-state index in [1.54, 1.807) is 30.6 Å². The van der Waals surface area contributed by atoms with Gasteiger partial charge in [0, 0.05) is 48.7 Å². The van der Waals surface area contributed by atoms with Crippen molar-refractivity contribution < 1.29 is 19.8 Å². The topological polar surface area (TPSA) is 148 Å². The van der Waals surface area contributed by atoms with Crippen LogP contribution in [0.15, 0.2) is 77.5 Å². The van der Waals surface area contributed by atoms with E-state index < -0.39 is 0 Å². The molecule has 2 aromatic carbocycles. The molecular weight excluding hydrogens is 600 g/mol. The van der Waals surface area contributed by atoms with Crippen molar-refractivity contribution in [3.8, 4) is 11.1 Å². The third-order valence-corrected chi connectivity index (χ3v) is 7.32. The molecule has 0 spiro atoms. The molecule has 6 N–H and O–H groups in total. The van der Waals surface area contributed by atoms with Crippen LogP contribution in [0.5, 0.6) is 0 Å². The Bertz CT molecular complexity index is 1400. The van der Waals surface area contributed by atoms with Gasteiger partial charge in [0.25, 0.3) is 11.8 Å². The van der Waals surface area contributed by atoms with Crippen LogP contribution in [-0.4, -0.2) is 58.3 Å². The Hall–Kier alpha value is -4.00. The number of benzene rings is 2. The van der Waals surface area contributed by atoms with Gasteiger partial charge in [0.1, 0.15) is 11.4 Å². The number of nitrogens with zero attached hydrogens (tertiary/aromatic N) is 2. The van der Waals surface area contributed by atoms with Crippen LogP contribution in [0.25, 0.3) is 11.1 Å². The van der Waals surface area contributed by atoms with Crippen molar-refractivity contribution in [2.45, 2.75) is 20.0 Å². The fourth-order valence-corrected chi connectivity index (χ4v) is 4.80. The number of rotatable bonds is 13. The van der Waals surface area contributed by atoms with Gasteiger partial charge in [-0.1, -0.05) is 36.4 Å². The molecule has 0 saturated heterocycles. The van der Waals surface area contributed by atoms with Gasteiger partial charge in [-0.25, -0.2) is 0 Å². The van der Waals surface area contributed by atoms with Crippen molar-refractivity contribution in [3.63, 3.8) is 0 Å². The first-order valence-electron chi connectivity index (χ1n) is 13.5. The Morgan fingerprint density at radius 2 is 1.21 bits per heavy atom. The van der Waals surface area contributed by atoms with E-state index in [9.17, 15) is 9.59 Å². The monoisotopic (exact) mass is 632 g/mol. The van der Waals surface area contributed by atoms with Crippen molar-refractivity contribution in [3.05, 3.63) is 106 Å². The van der Waals surface area contributed by atoms with Crippen LogP contribution in [0.2, 0.25) is 0 Å². The van der Waals surface area contributed by atoms with Gasteiger partial charge in [0.05, 0.1) is 18.9 Å². The van der Waals surface area contributed by atoms with E-state index in [4.69, 9.17) is 10.2 Å². The molecule has 0 bridgehead atoms. The van der Waals surface area contributed by atoms with E-state index in [2.05, 4.69) is 47.2 Å². The molecule has 4 aromatic rings. The summed E-state index contributed by atoms with van der Waals surface area (Å²) in [4.78, 5) is 34.5. The fraction of sp³-hybridized carbons (Fsp3) is 0.226. The lowest BCUT2D eigenvalue weighted by Crippen LogP contribution is -2.18. The summed E-state index contributed by atoms with van der Waals surface area (Å²) in [6.45, 7) is 4.11. The minimum absolute atomic E-state index is 0.0538. The van der Waals surface area contributed by atoms with Gasteiger partial charge in [0.2, 0.25) is 0 Å². The molecular formula is C31H33BrN6O4. The first-order valence-corrected chi connectivity index (χ1v) is 14.2. The average Bonchev–Trinajstić information content (AvgIpc) is 3.00. The molecule has 10 nitrogen and oxygen atoms in total. The molecule has 0 aliphatic heterocycles. The minimum atomic E-state index is -0.344. The Labute approximate surface area is 252 Å². The highest BCUT2D eigenvalue weighted by Crippen LogP contribution is 2.37. The first kappa shape index (κ1) is 30.9. The van der Waals surface area contributed by atoms with Crippen molar-refractivity contribution in [2.75, 3.05) is 36.9 Å². The molecule has 0 aliphatic carbocycles. The number of aromatic nitrogens is 2. The number of anilines is 2. The fourth-order valence-electron chi connectivity index (χ4n) is 4.22. The minimum Gasteiger partial charge on any atom is -0.395 e. The second kappa shape index (κ2) is 15.3. The summed E-state index contributed by atoms with van der Waals surface area (Å²) in [6.07, 6.45) is 3.27. The van der Waals surface area contributed by atoms with E-state index in [1.165, 1.54) is 0 Å². The van der Waals surface area contributed by atoms with E-state index in [0.29, 0.717) is 47.7 Å². The first-order chi connectivity index (χ1) is 20.4. The number of nitrogens with one attached hydrogen (secondary N) is 4. The SMILES string of the molecule is Cc1c(NC(=O)c2ccc(CNCCO)cn2)cccc1-c1cccc(NC(=O)c2ccc(CNCCO)cn2)c1Br. The normalized spacial score (nSPS) is 10.9. The van der Waals surface area contributed by atoms with Crippen LogP contribution in [0.3, 0.4) is 0 Å². The molecule has 0 radical (unpaired) electrons. The van der Waals surface area contributed by atoms with Crippen LogP contribution in [-0.2, 0) is 13.1 Å². The van der Waals surface area contributed by atoms with E-state index in [0.717, 1.165) is 27.8 Å². The van der Waals surface area contributed by atoms with Crippen molar-refractivity contribution in [1.29, 1.82) is 0 Å². The molecule has 42 heavy (non-hydrogen) atoms. The van der Waals surface area contributed by atoms with Gasteiger partial charge in [-0.05, 0) is 74.9 Å². The zero-order valence-corrected chi connectivity index (χ0v) is 24.7. The quantitative estimate of drug-likeness (QED) is 0.122. The maximum atomic E-state index is 13.0. The van der Waals surface area contributed by atoms with Crippen molar-refractivity contribution in [2.24, 2.45) is 0 Å². The predicted octanol–water partition coefficient (Wildman–Crippen LogP) is 3.88. The van der Waals surface area contributed by atoms with Gasteiger partial charge < -0.3 is 31.5 Å². The second-order valence-electron chi connectivity index (χ2n) is 9.46. The van der Waals surface area contributed by atoms with Crippen LogP contribution in [0.4, 0.5) is 11.4 Å². The van der Waals surface area contributed by atoms with Crippen LogP contribution >= 0.6 is 15.9 Å². The molecule has 0 saturated carbocycles. The summed E-state index contributed by atoms with van der Waals surface area (Å²) in [5.41, 5.74) is 6.20. The number of pyridine rings is 2. The summed E-state index contributed by atoms with van der Waals surface area (Å²) < 4.78 is 0.696. The maximum Gasteiger partial charge on any atom is 0.274 e. The second-order valence-corrected chi connectivity index (χ2v) is 10.3. The number of carbonyl (C=O) groups is 2. The van der Waals surface area contributed by atoms with Crippen LogP contribution in [0, 0.1) is 6.92 Å². The summed E-state index contributed by atoms with van der Waals surface area (Å²) in [6, 6.07) is 18.2. The molecule has 0 fully saturated rings. The highest BCUT2D eigenvalue weighted by molar-refractivity contribution is 9.10. The lowest BCUT2D eigenvalue weighted by molar-refractivity contribution is 0.101. The Balaban J connectivity index is 1.47. The third kappa shape index (κ3) is 8.05. The van der Waals surface area contributed by atoms with Gasteiger partial charge >= 0.3 is 0 Å². The largest absolute Gasteiger partial charge is 0.395 e. The Morgan fingerprint density at radius 1 is 0.714 bits per heavy atom. The molecule has 2 amide bonds. The number of halogens is 1. The standard InChI is InChI=1S/C31H33BrN6O4/c1-20-23(4-2-6-25(20)37-30(41)27-10-8-21(18-35-27)16-33-12-14-39)24-5-3-7-26(29(24)32)38-31(42)28-11-9-22(19-36-28)17-34-13-15-40/h2-11,18-19,33-34,39-40H,12-17H2,1H3,(H,37,41)(H,38,42). The molecule has 218 valence electrons. The number of hydrogen-bond acceptors (Lipinski definition) is 8. The Morgan fingerprint density at radius 3 is 1.71 bits per heavy atom. The number of aliphatic hydroxyl groups is 2. The zero-order chi connectivity index (χ0) is 29.9. The molecule has 0 atom stereocenters. The van der Waals surface area contributed by atoms with Gasteiger partial charge in [-0.3, -0.25) is 19.6 Å². The van der Waals surface area contributed by atoms with E-state index >= 15 is 0 Å². The van der Waals surface area contributed by atoms with Crippen molar-refractivity contribution in [1.82, 2.24) is 20.6 Å². The highest BCUT2D eigenvalue weighted by atomic mass is 79.9. The maximum absolute atomic E-state index is 13.0. The third-order valence-electron chi connectivity index (χ3n) is 6.47. The number of carbonyl (C=O) groups excluding carboxylic acids is 2. The summed E-state index contributed by atoms with van der Waals surface area (Å²) in [5, 5.41) is 29.8. The smallest absolute Gasteiger partial charge is 0.274 e. The van der Waals surface area contributed by atoms with Gasteiger partial charge in [0.15, 0.2) is 0 Å². The van der Waals surface area contributed by atoms with Crippen LogP contribution in [0.1, 0.15) is 37.7 Å². The zero-order valence-electron chi connectivity index (χ0n) is 23.2. The highest BCUT2D eigenvalue weighted by Gasteiger charge is 2.16. The molecule has 11 heteroatoms. The van der Waals surface area contributed by atoms with Gasteiger partial charge in [-0.2, -0.15) is 0 Å². The average molecular weight is 634 g/mol. The lowest BCUT2D eigenvalue weighted by Gasteiger charge is -2.16. The molecule has 2 heterocycles. The van der Waals surface area contributed by atoms with Crippen molar-refractivity contribution >= 4 is 39.1 Å². The van der Waals surface area contributed by atoms with Gasteiger partial charge in [-0.15, -0.1) is 0 Å². The number of aliphatic hydroxyl groups excluding tert-OH is 2. The summed E-state index contributed by atoms with van der Waals surface area (Å²) in [7, 11) is 0. The number of amides is 2. The Kier molecular flexibility index (Phi) is 11.3. The van der Waals surface area contributed by atoms with Crippen LogP contribution < -0.4 is 21.3 Å². The molecule has 0 aliphatic rings. The molecule has 2 aromatic heterocycles.